The van der Waals surface area contributed by atoms with Gasteiger partial charge in [0.1, 0.15) is 11.4 Å². The Balaban J connectivity index is 1.02. The van der Waals surface area contributed by atoms with Gasteiger partial charge in [0.15, 0.2) is 0 Å². The number of hydrogen-bond donors (Lipinski definition) is 0. The molecule has 0 aliphatic rings. The van der Waals surface area contributed by atoms with Crippen molar-refractivity contribution in [3.8, 4) is 61.8 Å². The van der Waals surface area contributed by atoms with E-state index in [1.54, 1.807) is 0 Å². The lowest BCUT2D eigenvalue weighted by Gasteiger charge is -2.14. The summed E-state index contributed by atoms with van der Waals surface area (Å²) in [5, 5.41) is 5.02. The average Bonchev–Trinajstić information content (AvgIpc) is 3.87. The Morgan fingerprint density at radius 3 is 1.08 bits per heavy atom. The zero-order valence-electron chi connectivity index (χ0n) is 33.8. The first-order valence-electron chi connectivity index (χ1n) is 21.1. The second-order valence-electron chi connectivity index (χ2n) is 15.9. The molecule has 62 heavy (non-hydrogen) atoms. The smallest absolute Gasteiger partial charge is 0.210 e. The fraction of sp³-hybridized carbons (Fsp3) is 0. The number of nitrogens with zero attached hydrogens (tertiary/aromatic N) is 4. The van der Waals surface area contributed by atoms with Crippen molar-refractivity contribution < 1.29 is 4.57 Å². The highest BCUT2D eigenvalue weighted by Crippen LogP contribution is 2.37. The molecule has 12 aromatic rings. The molecule has 0 spiro atoms. The first-order chi connectivity index (χ1) is 30.7. The third-order valence-corrected chi connectivity index (χ3v) is 12.2. The van der Waals surface area contributed by atoms with E-state index in [9.17, 15) is 0 Å². The van der Waals surface area contributed by atoms with Crippen LogP contribution >= 0.6 is 0 Å². The Hall–Kier alpha value is -8.34. The van der Waals surface area contributed by atoms with Crippen LogP contribution in [0.2, 0.25) is 0 Å². The lowest BCUT2D eigenvalue weighted by Crippen LogP contribution is -2.30. The number of rotatable bonds is 7. The van der Waals surface area contributed by atoms with Gasteiger partial charge in [0.2, 0.25) is 18.1 Å². The van der Waals surface area contributed by atoms with Crippen molar-refractivity contribution in [2.45, 2.75) is 0 Å². The van der Waals surface area contributed by atoms with Gasteiger partial charge in [-0.15, -0.1) is 0 Å². The van der Waals surface area contributed by atoms with E-state index < -0.39 is 0 Å². The van der Waals surface area contributed by atoms with Crippen LogP contribution in [0.5, 0.6) is 0 Å². The summed E-state index contributed by atoms with van der Waals surface area (Å²) in [7, 11) is 0. The minimum absolute atomic E-state index is 0.891. The third-order valence-electron chi connectivity index (χ3n) is 12.2. The van der Waals surface area contributed by atoms with Crippen LogP contribution in [0.25, 0.3) is 105 Å². The number of fused-ring (bicyclic) bond motifs is 6. The second kappa shape index (κ2) is 14.7. The van der Waals surface area contributed by atoms with Crippen molar-refractivity contribution >= 4 is 43.6 Å². The van der Waals surface area contributed by atoms with Crippen molar-refractivity contribution in [2.75, 3.05) is 0 Å². The van der Waals surface area contributed by atoms with Gasteiger partial charge in [-0.3, -0.25) is 0 Å². The van der Waals surface area contributed by atoms with Gasteiger partial charge in [-0.05, 0) is 89.0 Å². The minimum Gasteiger partial charge on any atom is -0.309 e. The average molecular weight is 792 g/mol. The Morgan fingerprint density at radius 1 is 0.290 bits per heavy atom. The van der Waals surface area contributed by atoms with Gasteiger partial charge in [0.05, 0.1) is 22.1 Å². The molecule has 3 aromatic heterocycles. The molecule has 3 heterocycles. The van der Waals surface area contributed by atoms with Crippen LogP contribution in [-0.2, 0) is 0 Å². The van der Waals surface area contributed by atoms with Crippen LogP contribution in [0.4, 0.5) is 0 Å². The Kier molecular flexibility index (Phi) is 8.46. The van der Waals surface area contributed by atoms with Crippen LogP contribution in [0, 0.1) is 0 Å². The molecule has 0 N–H and O–H groups in total. The summed E-state index contributed by atoms with van der Waals surface area (Å²) in [5.41, 5.74) is 16.5. The van der Waals surface area contributed by atoms with Crippen molar-refractivity contribution in [2.24, 2.45) is 0 Å². The number of benzene rings is 9. The maximum atomic E-state index is 5.35. The normalized spacial score (nSPS) is 11.5. The molecule has 9 aromatic carbocycles. The standard InChI is InChI=1S/C58H39N4/c1-3-15-42(16-4-1)53-38-60(46-17-5-2-6-18-46)39-54(59-53)45-36-43(40-27-31-47(32-28-40)61-55-23-11-7-19-49(55)50-20-8-12-24-56(50)61)35-44(37-45)41-29-33-48(34-30-41)62-57-25-13-9-21-51(57)52-22-10-14-26-58(52)62/h1-39H/q+1. The van der Waals surface area contributed by atoms with Gasteiger partial charge in [-0.25, -0.2) is 4.98 Å². The van der Waals surface area contributed by atoms with E-state index in [1.165, 1.54) is 43.6 Å². The molecule has 0 saturated carbocycles. The molecule has 12 rings (SSSR count). The van der Waals surface area contributed by atoms with Crippen molar-refractivity contribution in [3.05, 3.63) is 237 Å². The highest BCUT2D eigenvalue weighted by molar-refractivity contribution is 6.10. The molecule has 0 amide bonds. The summed E-state index contributed by atoms with van der Waals surface area (Å²) in [6.07, 6.45) is 4.28. The first kappa shape index (κ1) is 35.6. The quantitative estimate of drug-likeness (QED) is 0.148. The van der Waals surface area contributed by atoms with Crippen LogP contribution in [0.3, 0.4) is 0 Å². The number of hydrogen-bond acceptors (Lipinski definition) is 1. The molecule has 0 unspecified atom stereocenters. The monoisotopic (exact) mass is 791 g/mol. The molecule has 0 atom stereocenters. The summed E-state index contributed by atoms with van der Waals surface area (Å²) < 4.78 is 6.94. The molecule has 0 fully saturated rings. The molecule has 0 aliphatic heterocycles. The lowest BCUT2D eigenvalue weighted by molar-refractivity contribution is -0.595. The highest BCUT2D eigenvalue weighted by atomic mass is 15.0. The molecule has 0 saturated heterocycles. The molecule has 0 radical (unpaired) electrons. The maximum Gasteiger partial charge on any atom is 0.210 e. The van der Waals surface area contributed by atoms with Crippen LogP contribution in [0.15, 0.2) is 237 Å². The van der Waals surface area contributed by atoms with Gasteiger partial charge < -0.3 is 9.13 Å². The van der Waals surface area contributed by atoms with E-state index in [0.29, 0.717) is 0 Å². The third kappa shape index (κ3) is 6.08. The van der Waals surface area contributed by atoms with E-state index in [2.05, 4.69) is 244 Å². The van der Waals surface area contributed by atoms with E-state index in [1.807, 2.05) is 6.07 Å². The zero-order valence-corrected chi connectivity index (χ0v) is 33.8. The zero-order chi connectivity index (χ0) is 41.0. The first-order valence-corrected chi connectivity index (χ1v) is 21.1. The molecule has 0 aliphatic carbocycles. The Morgan fingerprint density at radius 2 is 0.645 bits per heavy atom. The van der Waals surface area contributed by atoms with E-state index in [-0.39, 0.29) is 0 Å². The predicted octanol–water partition coefficient (Wildman–Crippen LogP) is 14.2. The van der Waals surface area contributed by atoms with Gasteiger partial charge in [0, 0.05) is 56.2 Å². The molecular formula is C58H39N4+. The summed E-state index contributed by atoms with van der Waals surface area (Å²) in [6, 6.07) is 80.5. The van der Waals surface area contributed by atoms with E-state index >= 15 is 0 Å². The topological polar surface area (TPSA) is 26.6 Å². The summed E-state index contributed by atoms with van der Waals surface area (Å²) in [6.45, 7) is 0. The van der Waals surface area contributed by atoms with E-state index in [0.717, 1.165) is 61.8 Å². The number of para-hydroxylation sites is 5. The second-order valence-corrected chi connectivity index (χ2v) is 15.9. The van der Waals surface area contributed by atoms with Crippen molar-refractivity contribution in [1.29, 1.82) is 0 Å². The lowest BCUT2D eigenvalue weighted by atomic mass is 9.94. The maximum absolute atomic E-state index is 5.35. The number of aromatic nitrogens is 4. The molecule has 4 nitrogen and oxygen atoms in total. The largest absolute Gasteiger partial charge is 0.309 e. The van der Waals surface area contributed by atoms with Crippen molar-refractivity contribution in [3.63, 3.8) is 0 Å². The fourth-order valence-electron chi connectivity index (χ4n) is 9.24. The Labute approximate surface area is 359 Å². The van der Waals surface area contributed by atoms with Gasteiger partial charge in [-0.2, -0.15) is 4.57 Å². The van der Waals surface area contributed by atoms with Gasteiger partial charge in [-0.1, -0.05) is 146 Å². The Bertz CT molecular complexity index is 3260. The van der Waals surface area contributed by atoms with Crippen molar-refractivity contribution in [1.82, 2.24) is 14.1 Å². The summed E-state index contributed by atoms with van der Waals surface area (Å²) in [4.78, 5) is 5.35. The SMILES string of the molecule is c1ccc(-c2c[n+](-c3ccccc3)cc(-c3cc(-c4ccc(-n5c6ccccc6c6ccccc65)cc4)cc(-c4ccc(-n5c6ccccc6c6ccccc65)cc4)c3)n2)cc1. The minimum atomic E-state index is 0.891. The van der Waals surface area contributed by atoms with Gasteiger partial charge in [0.25, 0.3) is 0 Å². The highest BCUT2D eigenvalue weighted by Gasteiger charge is 2.18. The molecule has 0 bridgehead atoms. The summed E-state index contributed by atoms with van der Waals surface area (Å²) >= 11 is 0. The summed E-state index contributed by atoms with van der Waals surface area (Å²) in [5.74, 6) is 0. The van der Waals surface area contributed by atoms with Crippen LogP contribution < -0.4 is 4.57 Å². The fourth-order valence-corrected chi connectivity index (χ4v) is 9.24. The molecule has 4 heteroatoms. The molecular weight excluding hydrogens is 753 g/mol. The van der Waals surface area contributed by atoms with Gasteiger partial charge >= 0.3 is 0 Å². The molecule has 290 valence electrons. The van der Waals surface area contributed by atoms with Crippen LogP contribution in [0.1, 0.15) is 0 Å². The van der Waals surface area contributed by atoms with E-state index in [4.69, 9.17) is 4.98 Å². The predicted molar refractivity (Wildman–Crippen MR) is 256 cm³/mol. The van der Waals surface area contributed by atoms with Crippen LogP contribution in [-0.4, -0.2) is 14.1 Å².